The third kappa shape index (κ3) is 3.45. The number of nitrogens with zero attached hydrogens (tertiary/aromatic N) is 2. The van der Waals surface area contributed by atoms with Gasteiger partial charge in [-0.15, -0.1) is 0 Å². The molecule has 10 heteroatoms. The maximum atomic E-state index is 14.1. The van der Waals surface area contributed by atoms with Gasteiger partial charge < -0.3 is 4.74 Å². The SMILES string of the molecule is COc1cc(-n2c(SC)nc(C(F)(F)F)cc2=O)c(F)cc1Cl. The highest BCUT2D eigenvalue weighted by molar-refractivity contribution is 7.98. The van der Waals surface area contributed by atoms with Gasteiger partial charge in [0, 0.05) is 12.1 Å². The van der Waals surface area contributed by atoms with Gasteiger partial charge in [-0.2, -0.15) is 13.2 Å². The zero-order valence-corrected chi connectivity index (χ0v) is 13.3. The molecule has 0 radical (unpaired) electrons. The summed E-state index contributed by atoms with van der Waals surface area (Å²) in [4.78, 5) is 15.5. The summed E-state index contributed by atoms with van der Waals surface area (Å²) in [5, 5.41) is -0.347. The normalized spacial score (nSPS) is 11.6. The summed E-state index contributed by atoms with van der Waals surface area (Å²) in [5.41, 5.74) is -2.72. The summed E-state index contributed by atoms with van der Waals surface area (Å²) in [6, 6.07) is 2.33. The van der Waals surface area contributed by atoms with Crippen molar-refractivity contribution >= 4 is 23.4 Å². The summed E-state index contributed by atoms with van der Waals surface area (Å²) in [6.07, 6.45) is -3.36. The lowest BCUT2D eigenvalue weighted by Crippen LogP contribution is -2.25. The molecule has 0 fully saturated rings. The van der Waals surface area contributed by atoms with Crippen molar-refractivity contribution in [3.8, 4) is 11.4 Å². The summed E-state index contributed by atoms with van der Waals surface area (Å²) in [5.74, 6) is -0.823. The van der Waals surface area contributed by atoms with Crippen LogP contribution in [0.25, 0.3) is 5.69 Å². The highest BCUT2D eigenvalue weighted by atomic mass is 35.5. The van der Waals surface area contributed by atoms with Gasteiger partial charge >= 0.3 is 6.18 Å². The van der Waals surface area contributed by atoms with Gasteiger partial charge in [-0.05, 0) is 12.3 Å². The molecule has 1 heterocycles. The van der Waals surface area contributed by atoms with Crippen molar-refractivity contribution in [2.75, 3.05) is 13.4 Å². The second-order valence-corrected chi connectivity index (χ2v) is 5.42. The highest BCUT2D eigenvalue weighted by Crippen LogP contribution is 2.32. The van der Waals surface area contributed by atoms with Gasteiger partial charge in [0.1, 0.15) is 11.6 Å². The van der Waals surface area contributed by atoms with Gasteiger partial charge in [-0.25, -0.2) is 9.37 Å². The summed E-state index contributed by atoms with van der Waals surface area (Å²) in [6.45, 7) is 0. The van der Waals surface area contributed by atoms with E-state index in [1.807, 2.05) is 0 Å². The topological polar surface area (TPSA) is 44.1 Å². The Morgan fingerprint density at radius 3 is 2.48 bits per heavy atom. The molecule has 1 aromatic heterocycles. The molecule has 0 aliphatic carbocycles. The van der Waals surface area contributed by atoms with Gasteiger partial charge in [0.05, 0.1) is 17.8 Å². The van der Waals surface area contributed by atoms with Crippen molar-refractivity contribution in [1.82, 2.24) is 9.55 Å². The van der Waals surface area contributed by atoms with Crippen molar-refractivity contribution in [3.05, 3.63) is 45.1 Å². The van der Waals surface area contributed by atoms with E-state index in [0.717, 1.165) is 28.5 Å². The van der Waals surface area contributed by atoms with E-state index < -0.39 is 23.2 Å². The number of rotatable bonds is 3. The zero-order valence-electron chi connectivity index (χ0n) is 11.7. The van der Waals surface area contributed by atoms with E-state index in [0.29, 0.717) is 6.07 Å². The minimum atomic E-state index is -4.78. The van der Waals surface area contributed by atoms with E-state index in [1.165, 1.54) is 13.4 Å². The number of ether oxygens (including phenoxy) is 1. The van der Waals surface area contributed by atoms with E-state index >= 15 is 0 Å². The Hall–Kier alpha value is -1.74. The Balaban J connectivity index is 2.77. The maximum Gasteiger partial charge on any atom is 0.433 e. The Labute approximate surface area is 137 Å². The fourth-order valence-corrected chi connectivity index (χ4v) is 2.60. The first-order valence-electron chi connectivity index (χ1n) is 5.97. The van der Waals surface area contributed by atoms with E-state index in [1.54, 1.807) is 0 Å². The number of alkyl halides is 3. The van der Waals surface area contributed by atoms with Gasteiger partial charge in [0.2, 0.25) is 0 Å². The largest absolute Gasteiger partial charge is 0.495 e. The van der Waals surface area contributed by atoms with Gasteiger partial charge in [-0.1, -0.05) is 23.4 Å². The highest BCUT2D eigenvalue weighted by Gasteiger charge is 2.34. The number of hydrogen-bond acceptors (Lipinski definition) is 4. The molecule has 0 bridgehead atoms. The van der Waals surface area contributed by atoms with E-state index in [-0.39, 0.29) is 21.6 Å². The number of thioether (sulfide) groups is 1. The molecule has 0 aliphatic rings. The molecule has 4 nitrogen and oxygen atoms in total. The molecule has 23 heavy (non-hydrogen) atoms. The maximum absolute atomic E-state index is 14.1. The average molecular weight is 369 g/mol. The van der Waals surface area contributed by atoms with Gasteiger partial charge in [0.15, 0.2) is 10.9 Å². The Morgan fingerprint density at radius 1 is 1.30 bits per heavy atom. The number of benzene rings is 1. The van der Waals surface area contributed by atoms with E-state index in [4.69, 9.17) is 16.3 Å². The van der Waals surface area contributed by atoms with Crippen LogP contribution in [0.3, 0.4) is 0 Å². The van der Waals surface area contributed by atoms with Gasteiger partial charge in [0.25, 0.3) is 5.56 Å². The Bertz CT molecular complexity index is 808. The monoisotopic (exact) mass is 368 g/mol. The fourth-order valence-electron chi connectivity index (χ4n) is 1.81. The van der Waals surface area contributed by atoms with Crippen molar-refractivity contribution in [3.63, 3.8) is 0 Å². The second kappa shape index (κ2) is 6.40. The lowest BCUT2D eigenvalue weighted by atomic mass is 10.2. The number of hydrogen-bond donors (Lipinski definition) is 0. The average Bonchev–Trinajstić information content (AvgIpc) is 2.46. The van der Waals surface area contributed by atoms with Crippen LogP contribution in [0.2, 0.25) is 5.02 Å². The Kier molecular flexibility index (Phi) is 4.90. The van der Waals surface area contributed by atoms with E-state index in [2.05, 4.69) is 4.98 Å². The molecule has 0 N–H and O–H groups in total. The van der Waals surface area contributed by atoms with E-state index in [9.17, 15) is 22.4 Å². The molecule has 0 unspecified atom stereocenters. The molecular formula is C13H9ClF4N2O2S. The molecule has 2 aromatic rings. The molecule has 0 saturated carbocycles. The van der Waals surface area contributed by atoms with Crippen LogP contribution in [0.5, 0.6) is 5.75 Å². The second-order valence-electron chi connectivity index (χ2n) is 4.24. The quantitative estimate of drug-likeness (QED) is 0.470. The number of aromatic nitrogens is 2. The van der Waals surface area contributed by atoms with Crippen LogP contribution in [0.15, 0.2) is 28.2 Å². The Morgan fingerprint density at radius 2 is 1.96 bits per heavy atom. The predicted molar refractivity (Wildman–Crippen MR) is 78.1 cm³/mol. The van der Waals surface area contributed by atoms with Crippen LogP contribution in [-0.4, -0.2) is 22.9 Å². The minimum absolute atomic E-state index is 0.0348. The van der Waals surface area contributed by atoms with Crippen molar-refractivity contribution in [2.24, 2.45) is 0 Å². The molecule has 1 aromatic carbocycles. The summed E-state index contributed by atoms with van der Waals surface area (Å²) >= 11 is 6.54. The smallest absolute Gasteiger partial charge is 0.433 e. The molecule has 124 valence electrons. The van der Waals surface area contributed by atoms with Crippen LogP contribution < -0.4 is 10.3 Å². The lowest BCUT2D eigenvalue weighted by molar-refractivity contribution is -0.141. The molecule has 0 spiro atoms. The lowest BCUT2D eigenvalue weighted by Gasteiger charge is -2.15. The van der Waals surface area contributed by atoms with Gasteiger partial charge in [-0.3, -0.25) is 9.36 Å². The van der Waals surface area contributed by atoms with Crippen molar-refractivity contribution in [1.29, 1.82) is 0 Å². The molecule has 0 saturated heterocycles. The minimum Gasteiger partial charge on any atom is -0.495 e. The first-order chi connectivity index (χ1) is 10.7. The first-order valence-corrected chi connectivity index (χ1v) is 7.58. The molecule has 0 amide bonds. The molecule has 2 rings (SSSR count). The van der Waals surface area contributed by atoms with Crippen LogP contribution in [-0.2, 0) is 6.18 Å². The molecular weight excluding hydrogens is 360 g/mol. The first kappa shape index (κ1) is 17.6. The summed E-state index contributed by atoms with van der Waals surface area (Å²) in [7, 11) is 1.28. The zero-order chi connectivity index (χ0) is 17.4. The molecule has 0 aliphatic heterocycles. The van der Waals surface area contributed by atoms with Crippen LogP contribution in [0, 0.1) is 5.82 Å². The standard InChI is InChI=1S/C13H9ClF4N2O2S/c1-22-9-4-8(7(15)3-6(9)14)20-11(21)5-10(13(16,17)18)19-12(20)23-2/h3-5H,1-2H3. The number of halogens is 5. The van der Waals surface area contributed by atoms with Crippen molar-refractivity contribution < 1.29 is 22.3 Å². The van der Waals surface area contributed by atoms with Crippen LogP contribution >= 0.6 is 23.4 Å². The third-order valence-corrected chi connectivity index (χ3v) is 3.76. The van der Waals surface area contributed by atoms with Crippen LogP contribution in [0.1, 0.15) is 5.69 Å². The molecule has 0 atom stereocenters. The number of methoxy groups -OCH3 is 1. The fraction of sp³-hybridized carbons (Fsp3) is 0.231. The third-order valence-electron chi connectivity index (χ3n) is 2.82. The predicted octanol–water partition coefficient (Wildman–Crippen LogP) is 3.77. The van der Waals surface area contributed by atoms with Crippen molar-refractivity contribution in [2.45, 2.75) is 11.3 Å². The van der Waals surface area contributed by atoms with Crippen LogP contribution in [0.4, 0.5) is 17.6 Å². The summed E-state index contributed by atoms with van der Waals surface area (Å²) < 4.78 is 58.0.